The summed E-state index contributed by atoms with van der Waals surface area (Å²) in [6, 6.07) is 10.2. The predicted molar refractivity (Wildman–Crippen MR) is 117 cm³/mol. The molecule has 4 heterocycles. The minimum absolute atomic E-state index is 0.112. The lowest BCUT2D eigenvalue weighted by molar-refractivity contribution is -0.127. The van der Waals surface area contributed by atoms with Gasteiger partial charge in [0.15, 0.2) is 12.4 Å². The molecule has 3 aliphatic heterocycles. The quantitative estimate of drug-likeness (QED) is 0.616. The molecule has 1 amide bonds. The topological polar surface area (TPSA) is 124 Å². The number of rotatable bonds is 4. The van der Waals surface area contributed by atoms with Crippen LogP contribution in [0.25, 0.3) is 5.57 Å². The molecule has 10 nitrogen and oxygen atoms in total. The Bertz CT molecular complexity index is 1140. The number of hydrogen-bond donors (Lipinski definition) is 3. The van der Waals surface area contributed by atoms with Crippen molar-refractivity contribution in [3.05, 3.63) is 47.5 Å². The van der Waals surface area contributed by atoms with E-state index >= 15 is 0 Å². The Morgan fingerprint density at radius 3 is 2.97 bits per heavy atom. The van der Waals surface area contributed by atoms with Gasteiger partial charge >= 0.3 is 0 Å². The number of benzene rings is 1. The summed E-state index contributed by atoms with van der Waals surface area (Å²) < 4.78 is 11.3. The zero-order chi connectivity index (χ0) is 22.2. The summed E-state index contributed by atoms with van der Waals surface area (Å²) in [6.45, 7) is 5.62. The maximum atomic E-state index is 12.8. The highest BCUT2D eigenvalue weighted by Crippen LogP contribution is 2.38. The highest BCUT2D eigenvalue weighted by atomic mass is 16.7. The minimum atomic E-state index is -0.737. The van der Waals surface area contributed by atoms with Crippen LogP contribution in [0.5, 0.6) is 0 Å². The number of ether oxygens (including phenoxy) is 2. The van der Waals surface area contributed by atoms with E-state index in [0.29, 0.717) is 36.7 Å². The van der Waals surface area contributed by atoms with Gasteiger partial charge in [-0.05, 0) is 31.5 Å². The fourth-order valence-corrected chi connectivity index (χ4v) is 4.19. The lowest BCUT2D eigenvalue weighted by atomic mass is 10.1. The van der Waals surface area contributed by atoms with E-state index in [4.69, 9.17) is 9.47 Å². The Balaban J connectivity index is 1.45. The summed E-state index contributed by atoms with van der Waals surface area (Å²) in [5.41, 5.74) is 3.47. The molecule has 3 N–H and O–H groups in total. The van der Waals surface area contributed by atoms with Gasteiger partial charge in [0, 0.05) is 25.8 Å². The number of para-hydroxylation sites is 2. The van der Waals surface area contributed by atoms with Crippen molar-refractivity contribution in [2.75, 3.05) is 35.2 Å². The van der Waals surface area contributed by atoms with Gasteiger partial charge in [-0.15, -0.1) is 0 Å². The van der Waals surface area contributed by atoms with Crippen molar-refractivity contribution in [3.63, 3.8) is 0 Å². The van der Waals surface area contributed by atoms with Crippen molar-refractivity contribution >= 4 is 28.8 Å². The molecular weight excluding hydrogens is 410 g/mol. The van der Waals surface area contributed by atoms with E-state index in [0.717, 1.165) is 16.9 Å². The molecule has 0 saturated carbocycles. The van der Waals surface area contributed by atoms with Gasteiger partial charge in [0.05, 0.1) is 17.1 Å². The highest BCUT2D eigenvalue weighted by Gasteiger charge is 2.43. The van der Waals surface area contributed by atoms with Crippen LogP contribution in [-0.2, 0) is 14.3 Å². The Labute approximate surface area is 185 Å². The first-order valence-electron chi connectivity index (χ1n) is 10.5. The van der Waals surface area contributed by atoms with Crippen LogP contribution in [0, 0.1) is 18.3 Å². The number of morpholine rings is 1. The molecule has 10 heteroatoms. The molecule has 164 valence electrons. The predicted octanol–water partition coefficient (Wildman–Crippen LogP) is 1.58. The van der Waals surface area contributed by atoms with Crippen molar-refractivity contribution in [3.8, 4) is 6.07 Å². The number of aromatic nitrogens is 2. The molecule has 0 spiro atoms. The van der Waals surface area contributed by atoms with Crippen LogP contribution in [0.4, 0.5) is 17.3 Å². The molecule has 5 rings (SSSR count). The van der Waals surface area contributed by atoms with Gasteiger partial charge in [-0.25, -0.2) is 9.97 Å². The van der Waals surface area contributed by atoms with Gasteiger partial charge in [0.2, 0.25) is 5.95 Å². The molecule has 32 heavy (non-hydrogen) atoms. The summed E-state index contributed by atoms with van der Waals surface area (Å²) in [6.07, 6.45) is 0.0812. The summed E-state index contributed by atoms with van der Waals surface area (Å²) in [7, 11) is 0. The van der Waals surface area contributed by atoms with Crippen LogP contribution in [0.3, 0.4) is 0 Å². The molecule has 0 radical (unpaired) electrons. The van der Waals surface area contributed by atoms with Gasteiger partial charge in [-0.3, -0.25) is 10.1 Å². The minimum Gasteiger partial charge on any atom is -0.343 e. The first-order valence-corrected chi connectivity index (χ1v) is 10.5. The molecule has 3 atom stereocenters. The second-order valence-electron chi connectivity index (χ2n) is 7.76. The third kappa shape index (κ3) is 3.46. The zero-order valence-electron chi connectivity index (χ0n) is 17.8. The van der Waals surface area contributed by atoms with Crippen molar-refractivity contribution in [1.82, 2.24) is 15.3 Å². The van der Waals surface area contributed by atoms with Crippen LogP contribution in [-0.4, -0.2) is 54.0 Å². The number of aryl methyl sites for hydroxylation is 1. The van der Waals surface area contributed by atoms with Gasteiger partial charge in [0.1, 0.15) is 23.6 Å². The standard InChI is InChI=1S/C22H23N7O3/c1-3-29-15-7-5-4-6-14(15)26-20(29)13(8-23)18-12(2)9-25-22(27-18)28-21(30)19-16-10-24-11-17(31-16)32-19/h4-7,9,16-17,19,24,26H,3,10-11H2,1-2H3,(H,25,27,28,30)/b20-13+/t16-,17-,19+/m1/s1. The van der Waals surface area contributed by atoms with Crippen molar-refractivity contribution < 1.29 is 14.3 Å². The molecule has 2 bridgehead atoms. The number of nitrogens with one attached hydrogen (secondary N) is 3. The molecule has 2 fully saturated rings. The third-order valence-electron chi connectivity index (χ3n) is 5.70. The Hall–Kier alpha value is -3.52. The SMILES string of the molecule is CCN1/C(=C(\C#N)c2nc(NC(=O)[C@H]3O[C@@H]4CNC[C@H]3O4)ncc2C)Nc2ccccc21. The summed E-state index contributed by atoms with van der Waals surface area (Å²) in [5.74, 6) is 0.395. The second-order valence-corrected chi connectivity index (χ2v) is 7.76. The molecule has 0 aliphatic carbocycles. The molecule has 0 unspecified atom stereocenters. The summed E-state index contributed by atoms with van der Waals surface area (Å²) in [5, 5.41) is 19.3. The first kappa shape index (κ1) is 20.4. The van der Waals surface area contributed by atoms with Crippen molar-refractivity contribution in [2.45, 2.75) is 32.3 Å². The summed E-state index contributed by atoms with van der Waals surface area (Å²) in [4.78, 5) is 23.6. The van der Waals surface area contributed by atoms with Crippen molar-refractivity contribution in [1.29, 1.82) is 5.26 Å². The second kappa shape index (κ2) is 8.20. The molecule has 1 aromatic carbocycles. The number of anilines is 3. The molecular formula is C22H23N7O3. The molecule has 2 aromatic rings. The average molecular weight is 433 g/mol. The number of allylic oxidation sites excluding steroid dienone is 1. The Morgan fingerprint density at radius 2 is 2.19 bits per heavy atom. The molecule has 2 saturated heterocycles. The lowest BCUT2D eigenvalue weighted by Gasteiger charge is -2.20. The van der Waals surface area contributed by atoms with E-state index in [1.165, 1.54) is 0 Å². The summed E-state index contributed by atoms with van der Waals surface area (Å²) >= 11 is 0. The molecule has 3 aliphatic rings. The number of carbonyl (C=O) groups excluding carboxylic acids is 1. The maximum Gasteiger partial charge on any atom is 0.258 e. The number of nitrogens with zero attached hydrogens (tertiary/aromatic N) is 4. The number of nitriles is 1. The number of amides is 1. The zero-order valence-corrected chi connectivity index (χ0v) is 17.8. The van der Waals surface area contributed by atoms with Crippen LogP contribution in [0.1, 0.15) is 18.2 Å². The van der Waals surface area contributed by atoms with Crippen LogP contribution < -0.4 is 20.9 Å². The van der Waals surface area contributed by atoms with E-state index in [2.05, 4.69) is 32.0 Å². The largest absolute Gasteiger partial charge is 0.343 e. The third-order valence-corrected chi connectivity index (χ3v) is 5.70. The van der Waals surface area contributed by atoms with E-state index in [1.807, 2.05) is 43.0 Å². The normalized spacial score (nSPS) is 25.0. The monoisotopic (exact) mass is 433 g/mol. The van der Waals surface area contributed by atoms with Crippen molar-refractivity contribution in [2.24, 2.45) is 0 Å². The van der Waals surface area contributed by atoms with Crippen LogP contribution >= 0.6 is 0 Å². The number of carbonyl (C=O) groups is 1. The van der Waals surface area contributed by atoms with Gasteiger partial charge in [-0.2, -0.15) is 5.26 Å². The van der Waals surface area contributed by atoms with E-state index in [1.54, 1.807) is 6.20 Å². The fraction of sp³-hybridized carbons (Fsp3) is 0.364. The highest BCUT2D eigenvalue weighted by molar-refractivity contribution is 5.94. The number of fused-ring (bicyclic) bond motifs is 3. The van der Waals surface area contributed by atoms with E-state index in [9.17, 15) is 10.1 Å². The number of hydrogen-bond acceptors (Lipinski definition) is 9. The Morgan fingerprint density at radius 1 is 1.34 bits per heavy atom. The van der Waals surface area contributed by atoms with Gasteiger partial charge in [-0.1, -0.05) is 12.1 Å². The van der Waals surface area contributed by atoms with E-state index in [-0.39, 0.29) is 18.0 Å². The Kier molecular flexibility index (Phi) is 5.22. The molecule has 1 aromatic heterocycles. The van der Waals surface area contributed by atoms with E-state index < -0.39 is 12.4 Å². The lowest BCUT2D eigenvalue weighted by Crippen LogP contribution is -2.43. The first-order chi connectivity index (χ1) is 15.6. The van der Waals surface area contributed by atoms with Crippen LogP contribution in [0.2, 0.25) is 0 Å². The fourth-order valence-electron chi connectivity index (χ4n) is 4.19. The van der Waals surface area contributed by atoms with Crippen LogP contribution in [0.15, 0.2) is 36.3 Å². The van der Waals surface area contributed by atoms with Gasteiger partial charge < -0.3 is 25.0 Å². The average Bonchev–Trinajstić information content (AvgIpc) is 3.32. The van der Waals surface area contributed by atoms with Gasteiger partial charge in [0.25, 0.3) is 5.91 Å². The maximum absolute atomic E-state index is 12.8. The smallest absolute Gasteiger partial charge is 0.258 e.